The van der Waals surface area contributed by atoms with Gasteiger partial charge in [-0.1, -0.05) is 11.6 Å². The van der Waals surface area contributed by atoms with Gasteiger partial charge in [0.15, 0.2) is 11.8 Å². The van der Waals surface area contributed by atoms with Gasteiger partial charge in [0.2, 0.25) is 0 Å². The molecule has 0 saturated heterocycles. The Morgan fingerprint density at radius 2 is 2.27 bits per heavy atom. The number of hydrogen-bond acceptors (Lipinski definition) is 2. The number of aryl methyl sites for hydroxylation is 1. The number of halogens is 1. The van der Waals surface area contributed by atoms with Gasteiger partial charge in [0.25, 0.3) is 5.69 Å². The SMILES string of the molecule is Cc1cc(Cl)cc(C#N)[n+]1[O-]. The second-order valence-corrected chi connectivity index (χ2v) is 2.54. The van der Waals surface area contributed by atoms with Gasteiger partial charge >= 0.3 is 0 Å². The predicted molar refractivity (Wildman–Crippen MR) is 39.9 cm³/mol. The summed E-state index contributed by atoms with van der Waals surface area (Å²) < 4.78 is 0.547. The highest BCUT2D eigenvalue weighted by atomic mass is 35.5. The van der Waals surface area contributed by atoms with Crippen LogP contribution in [0, 0.1) is 23.5 Å². The minimum absolute atomic E-state index is 0.0231. The number of hydrogen-bond donors (Lipinski definition) is 0. The molecule has 1 rings (SSSR count). The van der Waals surface area contributed by atoms with Crippen LogP contribution < -0.4 is 4.73 Å². The summed E-state index contributed by atoms with van der Waals surface area (Å²) in [5.74, 6) is 0. The maximum atomic E-state index is 11.0. The molecule has 0 aliphatic rings. The molecule has 1 aromatic rings. The molecule has 0 N–H and O–H groups in total. The van der Waals surface area contributed by atoms with E-state index in [1.165, 1.54) is 12.1 Å². The number of pyridine rings is 1. The van der Waals surface area contributed by atoms with Crippen molar-refractivity contribution in [3.8, 4) is 6.07 Å². The molecule has 4 heteroatoms. The van der Waals surface area contributed by atoms with Crippen LogP contribution in [-0.4, -0.2) is 0 Å². The minimum Gasteiger partial charge on any atom is -0.618 e. The lowest BCUT2D eigenvalue weighted by atomic mass is 10.3. The molecule has 0 saturated carbocycles. The third kappa shape index (κ3) is 1.41. The highest BCUT2D eigenvalue weighted by molar-refractivity contribution is 6.30. The van der Waals surface area contributed by atoms with Crippen LogP contribution >= 0.6 is 11.6 Å². The van der Waals surface area contributed by atoms with Crippen molar-refractivity contribution in [2.75, 3.05) is 0 Å². The molecule has 0 radical (unpaired) electrons. The summed E-state index contributed by atoms with van der Waals surface area (Å²) in [5.41, 5.74) is 0.448. The minimum atomic E-state index is 0.0231. The Labute approximate surface area is 69.0 Å². The molecule has 11 heavy (non-hydrogen) atoms. The maximum Gasteiger partial charge on any atom is 0.296 e. The maximum absolute atomic E-state index is 11.0. The van der Waals surface area contributed by atoms with Gasteiger partial charge in [-0.05, 0) is 0 Å². The molecule has 0 aromatic carbocycles. The number of nitriles is 1. The highest BCUT2D eigenvalue weighted by Crippen LogP contribution is 2.08. The van der Waals surface area contributed by atoms with Crippen molar-refractivity contribution in [2.24, 2.45) is 0 Å². The average molecular weight is 169 g/mol. The molecule has 3 nitrogen and oxygen atoms in total. The van der Waals surface area contributed by atoms with Crippen LogP contribution in [0.25, 0.3) is 0 Å². The molecular weight excluding hydrogens is 164 g/mol. The van der Waals surface area contributed by atoms with Crippen molar-refractivity contribution in [2.45, 2.75) is 6.92 Å². The summed E-state index contributed by atoms with van der Waals surface area (Å²) in [4.78, 5) is 0. The van der Waals surface area contributed by atoms with Gasteiger partial charge in [0, 0.05) is 19.1 Å². The van der Waals surface area contributed by atoms with Gasteiger partial charge in [0.05, 0.1) is 5.02 Å². The van der Waals surface area contributed by atoms with Gasteiger partial charge in [0.1, 0.15) is 0 Å². The number of aromatic nitrogens is 1. The first-order valence-corrected chi connectivity index (χ1v) is 3.33. The van der Waals surface area contributed by atoms with Gasteiger partial charge < -0.3 is 5.21 Å². The molecule has 56 valence electrons. The quantitative estimate of drug-likeness (QED) is 0.431. The largest absolute Gasteiger partial charge is 0.618 e. The molecule has 0 aliphatic carbocycles. The van der Waals surface area contributed by atoms with Gasteiger partial charge in [-0.3, -0.25) is 0 Å². The van der Waals surface area contributed by atoms with E-state index in [9.17, 15) is 5.21 Å². The lowest BCUT2D eigenvalue weighted by Crippen LogP contribution is -2.33. The normalized spacial score (nSPS) is 9.18. The highest BCUT2D eigenvalue weighted by Gasteiger charge is 2.07. The molecule has 0 bridgehead atoms. The van der Waals surface area contributed by atoms with E-state index in [0.717, 1.165) is 0 Å². The third-order valence-electron chi connectivity index (χ3n) is 1.28. The van der Waals surface area contributed by atoms with Crippen LogP contribution in [0.5, 0.6) is 0 Å². The van der Waals surface area contributed by atoms with E-state index in [2.05, 4.69) is 0 Å². The van der Waals surface area contributed by atoms with Crippen molar-refractivity contribution >= 4 is 11.6 Å². The van der Waals surface area contributed by atoms with Crippen molar-refractivity contribution in [3.63, 3.8) is 0 Å². The second-order valence-electron chi connectivity index (χ2n) is 2.11. The Balaban J connectivity index is 3.39. The lowest BCUT2D eigenvalue weighted by molar-refractivity contribution is -0.615. The third-order valence-corrected chi connectivity index (χ3v) is 1.49. The Morgan fingerprint density at radius 3 is 2.82 bits per heavy atom. The fraction of sp³-hybridized carbons (Fsp3) is 0.143. The number of rotatable bonds is 0. The van der Waals surface area contributed by atoms with E-state index >= 15 is 0 Å². The molecular formula is C7H5ClN2O. The fourth-order valence-electron chi connectivity index (χ4n) is 0.757. The van der Waals surface area contributed by atoms with Crippen LogP contribution in [-0.2, 0) is 0 Å². The van der Waals surface area contributed by atoms with E-state index in [4.69, 9.17) is 16.9 Å². The molecule has 0 atom stereocenters. The molecule has 0 fully saturated rings. The average Bonchev–Trinajstić information content (AvgIpc) is 1.96. The first-order valence-electron chi connectivity index (χ1n) is 2.95. The smallest absolute Gasteiger partial charge is 0.296 e. The van der Waals surface area contributed by atoms with E-state index in [-0.39, 0.29) is 5.69 Å². The summed E-state index contributed by atoms with van der Waals surface area (Å²) in [6.07, 6.45) is 0. The molecule has 0 unspecified atom stereocenters. The Bertz CT molecular complexity index is 330. The van der Waals surface area contributed by atoms with Gasteiger partial charge in [-0.15, -0.1) is 0 Å². The van der Waals surface area contributed by atoms with E-state index in [1.54, 1.807) is 13.0 Å². The lowest BCUT2D eigenvalue weighted by Gasteiger charge is -2.01. The molecule has 0 aliphatic heterocycles. The zero-order valence-electron chi connectivity index (χ0n) is 5.84. The first kappa shape index (κ1) is 7.83. The van der Waals surface area contributed by atoms with E-state index in [0.29, 0.717) is 15.4 Å². The topological polar surface area (TPSA) is 50.7 Å². The fourth-order valence-corrected chi connectivity index (χ4v) is 1.02. The Morgan fingerprint density at radius 1 is 1.64 bits per heavy atom. The van der Waals surface area contributed by atoms with Crippen LogP contribution in [0.2, 0.25) is 5.02 Å². The van der Waals surface area contributed by atoms with Crippen LogP contribution in [0.4, 0.5) is 0 Å². The van der Waals surface area contributed by atoms with Crippen LogP contribution in [0.1, 0.15) is 11.4 Å². The molecule has 0 amide bonds. The van der Waals surface area contributed by atoms with Crippen molar-refractivity contribution in [3.05, 3.63) is 33.8 Å². The summed E-state index contributed by atoms with van der Waals surface area (Å²) in [6, 6.07) is 4.59. The summed E-state index contributed by atoms with van der Waals surface area (Å²) in [6.45, 7) is 1.60. The molecule has 1 aromatic heterocycles. The molecule has 0 spiro atoms. The summed E-state index contributed by atoms with van der Waals surface area (Å²) in [7, 11) is 0. The standard InChI is InChI=1S/C7H5ClN2O/c1-5-2-6(8)3-7(4-9)10(5)11/h2-3H,1H3. The number of nitrogens with zero attached hydrogens (tertiary/aromatic N) is 2. The van der Waals surface area contributed by atoms with Crippen LogP contribution in [0.15, 0.2) is 12.1 Å². The first-order chi connectivity index (χ1) is 5.15. The second kappa shape index (κ2) is 2.77. The predicted octanol–water partition coefficient (Wildman–Crippen LogP) is 1.15. The molecule has 1 heterocycles. The van der Waals surface area contributed by atoms with Gasteiger partial charge in [-0.25, -0.2) is 0 Å². The zero-order valence-corrected chi connectivity index (χ0v) is 6.59. The summed E-state index contributed by atoms with van der Waals surface area (Å²) >= 11 is 5.60. The zero-order chi connectivity index (χ0) is 8.43. The van der Waals surface area contributed by atoms with Crippen molar-refractivity contribution in [1.82, 2.24) is 0 Å². The van der Waals surface area contributed by atoms with Crippen molar-refractivity contribution in [1.29, 1.82) is 5.26 Å². The van der Waals surface area contributed by atoms with E-state index < -0.39 is 0 Å². The Hall–Kier alpha value is -1.27. The van der Waals surface area contributed by atoms with Crippen molar-refractivity contribution < 1.29 is 4.73 Å². The Kier molecular flexibility index (Phi) is 1.97. The summed E-state index contributed by atoms with van der Waals surface area (Å²) in [5, 5.41) is 19.8. The van der Waals surface area contributed by atoms with Gasteiger partial charge in [-0.2, -0.15) is 9.99 Å². The van der Waals surface area contributed by atoms with Crippen LogP contribution in [0.3, 0.4) is 0 Å². The monoisotopic (exact) mass is 168 g/mol. The van der Waals surface area contributed by atoms with E-state index in [1.807, 2.05) is 0 Å².